The second kappa shape index (κ2) is 3.57. The molecule has 0 radical (unpaired) electrons. The van der Waals surface area contributed by atoms with E-state index in [1.54, 1.807) is 6.07 Å². The van der Waals surface area contributed by atoms with Crippen molar-refractivity contribution in [3.05, 3.63) is 32.8 Å². The molecule has 0 spiro atoms. The minimum Gasteiger partial charge on any atom is -0.392 e. The first-order valence-electron chi connectivity index (χ1n) is 3.21. The molecular formula is C8H8BrClO. The van der Waals surface area contributed by atoms with Crippen molar-refractivity contribution in [2.45, 2.75) is 13.5 Å². The first-order valence-corrected chi connectivity index (χ1v) is 4.38. The normalized spacial score (nSPS) is 10.2. The molecule has 60 valence electrons. The van der Waals surface area contributed by atoms with Crippen LogP contribution < -0.4 is 0 Å². The zero-order valence-electron chi connectivity index (χ0n) is 6.06. The van der Waals surface area contributed by atoms with Gasteiger partial charge in [-0.3, -0.25) is 0 Å². The third-order valence-corrected chi connectivity index (χ3v) is 3.04. The first-order chi connectivity index (χ1) is 5.16. The maximum Gasteiger partial charge on any atom is 0.0695 e. The molecule has 0 bridgehead atoms. The van der Waals surface area contributed by atoms with Crippen LogP contribution in [0.1, 0.15) is 11.1 Å². The van der Waals surface area contributed by atoms with Crippen LogP contribution in [0.5, 0.6) is 0 Å². The van der Waals surface area contributed by atoms with Gasteiger partial charge in [-0.1, -0.05) is 17.7 Å². The molecule has 0 aliphatic heterocycles. The van der Waals surface area contributed by atoms with Gasteiger partial charge in [0.15, 0.2) is 0 Å². The number of benzene rings is 1. The molecule has 3 heteroatoms. The van der Waals surface area contributed by atoms with E-state index in [2.05, 4.69) is 15.9 Å². The van der Waals surface area contributed by atoms with Crippen molar-refractivity contribution in [3.8, 4) is 0 Å². The Bertz CT molecular complexity index is 273. The second-order valence-corrected chi connectivity index (χ2v) is 3.52. The quantitative estimate of drug-likeness (QED) is 0.793. The molecule has 0 aromatic heterocycles. The van der Waals surface area contributed by atoms with Crippen molar-refractivity contribution < 1.29 is 5.11 Å². The molecule has 0 amide bonds. The maximum atomic E-state index is 8.94. The monoisotopic (exact) mass is 234 g/mol. The average molecular weight is 236 g/mol. The fraction of sp³-hybridized carbons (Fsp3) is 0.250. The van der Waals surface area contributed by atoms with Crippen molar-refractivity contribution >= 4 is 27.5 Å². The Kier molecular flexibility index (Phi) is 2.93. The molecule has 1 N–H and O–H groups in total. The summed E-state index contributed by atoms with van der Waals surface area (Å²) in [5, 5.41) is 9.57. The molecular weight excluding hydrogens is 227 g/mol. The van der Waals surface area contributed by atoms with Crippen LogP contribution in [-0.4, -0.2) is 5.11 Å². The summed E-state index contributed by atoms with van der Waals surface area (Å²) in [4.78, 5) is 0. The van der Waals surface area contributed by atoms with Gasteiger partial charge in [-0.2, -0.15) is 0 Å². The van der Waals surface area contributed by atoms with Crippen LogP contribution in [0.15, 0.2) is 16.6 Å². The lowest BCUT2D eigenvalue weighted by Crippen LogP contribution is -1.90. The summed E-state index contributed by atoms with van der Waals surface area (Å²) in [5.74, 6) is 0. The molecule has 0 aliphatic carbocycles. The highest BCUT2D eigenvalue weighted by atomic mass is 79.9. The van der Waals surface area contributed by atoms with Gasteiger partial charge in [0.1, 0.15) is 0 Å². The zero-order chi connectivity index (χ0) is 8.43. The van der Waals surface area contributed by atoms with E-state index in [9.17, 15) is 0 Å². The predicted octanol–water partition coefficient (Wildman–Crippen LogP) is 2.90. The summed E-state index contributed by atoms with van der Waals surface area (Å²) >= 11 is 9.11. The number of rotatable bonds is 1. The van der Waals surface area contributed by atoms with E-state index in [0.29, 0.717) is 5.02 Å². The number of aliphatic hydroxyl groups is 1. The van der Waals surface area contributed by atoms with Crippen LogP contribution in [0.2, 0.25) is 5.02 Å². The molecule has 11 heavy (non-hydrogen) atoms. The molecule has 0 unspecified atom stereocenters. The molecule has 1 nitrogen and oxygen atoms in total. The highest BCUT2D eigenvalue weighted by Gasteiger charge is 2.05. The lowest BCUT2D eigenvalue weighted by Gasteiger charge is -2.05. The van der Waals surface area contributed by atoms with E-state index in [0.717, 1.165) is 15.6 Å². The highest BCUT2D eigenvalue weighted by molar-refractivity contribution is 9.10. The van der Waals surface area contributed by atoms with Crippen LogP contribution in [-0.2, 0) is 6.61 Å². The van der Waals surface area contributed by atoms with Gasteiger partial charge in [-0.15, -0.1) is 0 Å². The Labute approximate surface area is 79.1 Å². The van der Waals surface area contributed by atoms with Crippen molar-refractivity contribution in [1.29, 1.82) is 0 Å². The van der Waals surface area contributed by atoms with E-state index in [4.69, 9.17) is 16.7 Å². The molecule has 0 atom stereocenters. The number of halogens is 2. The first kappa shape index (κ1) is 9.04. The SMILES string of the molecule is Cc1ccc(Cl)c(Br)c1CO. The molecule has 1 aromatic carbocycles. The molecule has 0 fully saturated rings. The van der Waals surface area contributed by atoms with Crippen LogP contribution in [0.4, 0.5) is 0 Å². The molecule has 0 aliphatic rings. The molecule has 0 saturated heterocycles. The fourth-order valence-electron chi connectivity index (χ4n) is 0.883. The maximum absolute atomic E-state index is 8.94. The fourth-order valence-corrected chi connectivity index (χ4v) is 1.63. The van der Waals surface area contributed by atoms with Crippen molar-refractivity contribution in [1.82, 2.24) is 0 Å². The average Bonchev–Trinajstić information content (AvgIpc) is 1.99. The summed E-state index contributed by atoms with van der Waals surface area (Å²) in [7, 11) is 0. The van der Waals surface area contributed by atoms with Crippen molar-refractivity contribution in [2.75, 3.05) is 0 Å². The summed E-state index contributed by atoms with van der Waals surface area (Å²) < 4.78 is 0.793. The van der Waals surface area contributed by atoms with Gasteiger partial charge in [0.05, 0.1) is 11.6 Å². The lowest BCUT2D eigenvalue weighted by atomic mass is 10.1. The van der Waals surface area contributed by atoms with E-state index < -0.39 is 0 Å². The number of aryl methyl sites for hydroxylation is 1. The van der Waals surface area contributed by atoms with E-state index in [1.807, 2.05) is 13.0 Å². The van der Waals surface area contributed by atoms with Gasteiger partial charge in [-0.25, -0.2) is 0 Å². The Hall–Kier alpha value is -0.0500. The summed E-state index contributed by atoms with van der Waals surface area (Å²) in [6.45, 7) is 1.96. The summed E-state index contributed by atoms with van der Waals surface area (Å²) in [6.07, 6.45) is 0. The van der Waals surface area contributed by atoms with E-state index in [-0.39, 0.29) is 6.61 Å². The van der Waals surface area contributed by atoms with E-state index in [1.165, 1.54) is 0 Å². The molecule has 0 saturated carbocycles. The van der Waals surface area contributed by atoms with Crippen LogP contribution in [0.25, 0.3) is 0 Å². The number of aliphatic hydroxyl groups excluding tert-OH is 1. The Balaban J connectivity index is 3.29. The Morgan fingerprint density at radius 2 is 2.18 bits per heavy atom. The third-order valence-electron chi connectivity index (χ3n) is 1.59. The van der Waals surface area contributed by atoms with Gasteiger partial charge in [0.25, 0.3) is 0 Å². The summed E-state index contributed by atoms with van der Waals surface area (Å²) in [5.41, 5.74) is 1.90. The van der Waals surface area contributed by atoms with Crippen molar-refractivity contribution in [3.63, 3.8) is 0 Å². The zero-order valence-corrected chi connectivity index (χ0v) is 8.41. The Morgan fingerprint density at radius 1 is 1.55 bits per heavy atom. The number of hydrogen-bond acceptors (Lipinski definition) is 1. The smallest absolute Gasteiger partial charge is 0.0695 e. The molecule has 1 aromatic rings. The van der Waals surface area contributed by atoms with Gasteiger partial charge >= 0.3 is 0 Å². The number of hydrogen-bond donors (Lipinski definition) is 1. The second-order valence-electron chi connectivity index (χ2n) is 2.31. The van der Waals surface area contributed by atoms with Crippen molar-refractivity contribution in [2.24, 2.45) is 0 Å². The topological polar surface area (TPSA) is 20.2 Å². The van der Waals surface area contributed by atoms with Gasteiger partial charge in [0.2, 0.25) is 0 Å². The van der Waals surface area contributed by atoms with Crippen LogP contribution >= 0.6 is 27.5 Å². The minimum atomic E-state index is 0.0208. The largest absolute Gasteiger partial charge is 0.392 e. The third kappa shape index (κ3) is 1.75. The van der Waals surface area contributed by atoms with Crippen LogP contribution in [0.3, 0.4) is 0 Å². The van der Waals surface area contributed by atoms with Gasteiger partial charge in [0, 0.05) is 4.47 Å². The molecule has 1 rings (SSSR count). The lowest BCUT2D eigenvalue weighted by molar-refractivity contribution is 0.280. The van der Waals surface area contributed by atoms with Gasteiger partial charge < -0.3 is 5.11 Å². The minimum absolute atomic E-state index is 0.0208. The van der Waals surface area contributed by atoms with Crippen LogP contribution in [0, 0.1) is 6.92 Å². The molecule has 0 heterocycles. The van der Waals surface area contributed by atoms with E-state index >= 15 is 0 Å². The standard InChI is InChI=1S/C8H8BrClO/c1-5-2-3-7(10)8(9)6(5)4-11/h2-3,11H,4H2,1H3. The van der Waals surface area contributed by atoms with Gasteiger partial charge in [-0.05, 0) is 40.0 Å². The summed E-state index contributed by atoms with van der Waals surface area (Å²) in [6, 6.07) is 3.69. The predicted molar refractivity (Wildman–Crippen MR) is 49.8 cm³/mol. The Morgan fingerprint density at radius 3 is 2.64 bits per heavy atom. The highest BCUT2D eigenvalue weighted by Crippen LogP contribution is 2.28.